The van der Waals surface area contributed by atoms with Crippen molar-refractivity contribution >= 4 is 7.51 Å². The maximum absolute atomic E-state index is 9.86. The summed E-state index contributed by atoms with van der Waals surface area (Å²) in [5.74, 6) is 0. The zero-order valence-corrected chi connectivity index (χ0v) is 18.6. The fourth-order valence-electron chi connectivity index (χ4n) is 4.08. The highest BCUT2D eigenvalue weighted by molar-refractivity contribution is 7.58. The van der Waals surface area contributed by atoms with E-state index in [9.17, 15) is 5.16 Å². The smallest absolute Gasteiger partial charge is 0.166 e. The van der Waals surface area contributed by atoms with Gasteiger partial charge in [-0.3, -0.25) is 5.16 Å². The lowest BCUT2D eigenvalue weighted by Crippen LogP contribution is -2.53. The van der Waals surface area contributed by atoms with Crippen LogP contribution in [0.3, 0.4) is 0 Å². The minimum absolute atomic E-state index is 0.348. The van der Waals surface area contributed by atoms with Crippen LogP contribution in [0.1, 0.15) is 83.1 Å². The van der Waals surface area contributed by atoms with Crippen molar-refractivity contribution < 1.29 is 0 Å². The molecule has 0 fully saturated rings. The molecule has 0 rings (SSSR count). The zero-order chi connectivity index (χ0) is 18.7. The maximum Gasteiger partial charge on any atom is 0.166 e. The molecule has 0 aromatic carbocycles. The van der Waals surface area contributed by atoms with E-state index < -0.39 is 7.51 Å². The summed E-state index contributed by atoms with van der Waals surface area (Å²) in [5, 5.41) is 9.86. The molecule has 0 saturated carbocycles. The summed E-state index contributed by atoms with van der Waals surface area (Å²) in [5.41, 5.74) is 0. The molecule has 0 unspecified atom stereocenters. The van der Waals surface area contributed by atoms with Crippen molar-refractivity contribution in [1.82, 2.24) is 14.0 Å². The van der Waals surface area contributed by atoms with E-state index in [1.807, 2.05) is 0 Å². The van der Waals surface area contributed by atoms with E-state index in [2.05, 4.69) is 97.1 Å². The average Bonchev–Trinajstić information content (AvgIpc) is 2.23. The van der Waals surface area contributed by atoms with Gasteiger partial charge in [0.1, 0.15) is 0 Å². The van der Waals surface area contributed by atoms with Crippen molar-refractivity contribution in [2.24, 2.45) is 0 Å². The molecule has 0 aliphatic carbocycles. The third kappa shape index (κ3) is 5.04. The van der Waals surface area contributed by atoms with E-state index in [4.69, 9.17) is 0 Å². The average molecular weight is 347 g/mol. The second kappa shape index (κ2) is 8.99. The highest BCUT2D eigenvalue weighted by Gasteiger charge is 2.45. The van der Waals surface area contributed by atoms with Gasteiger partial charge in [-0.2, -0.15) is 0 Å². The molecular formula is C18H43N4P. The first kappa shape index (κ1) is 23.1. The lowest BCUT2D eigenvalue weighted by atomic mass is 10.3. The summed E-state index contributed by atoms with van der Waals surface area (Å²) in [6.45, 7) is 26.8. The Morgan fingerprint density at radius 2 is 0.565 bits per heavy atom. The summed E-state index contributed by atoms with van der Waals surface area (Å²) < 4.78 is 7.40. The maximum atomic E-state index is 9.86. The second-order valence-corrected chi connectivity index (χ2v) is 10.8. The molecule has 0 aromatic rings. The van der Waals surface area contributed by atoms with Gasteiger partial charge >= 0.3 is 0 Å². The van der Waals surface area contributed by atoms with E-state index in [-0.39, 0.29) is 0 Å². The van der Waals surface area contributed by atoms with E-state index in [0.29, 0.717) is 36.3 Å². The third-order valence-corrected chi connectivity index (χ3v) is 8.84. The van der Waals surface area contributed by atoms with Crippen molar-refractivity contribution in [3.05, 3.63) is 0 Å². The first-order chi connectivity index (χ1) is 10.3. The van der Waals surface area contributed by atoms with E-state index in [1.165, 1.54) is 0 Å². The SMILES string of the molecule is CC(C)N(C(C)C)P(=N)(N(C(C)C)C(C)C)N(C(C)C)C(C)C. The summed E-state index contributed by atoms with van der Waals surface area (Å²) in [7, 11) is -2.39. The number of nitrogens with zero attached hydrogens (tertiary/aromatic N) is 3. The Labute approximate surface area is 146 Å². The minimum Gasteiger partial charge on any atom is -0.277 e. The number of hydrogen-bond acceptors (Lipinski definition) is 1. The van der Waals surface area contributed by atoms with Crippen LogP contribution in [0.5, 0.6) is 0 Å². The molecule has 140 valence electrons. The summed E-state index contributed by atoms with van der Waals surface area (Å²) in [4.78, 5) is 0. The highest BCUT2D eigenvalue weighted by atomic mass is 31.2. The fraction of sp³-hybridized carbons (Fsp3) is 1.00. The Kier molecular flexibility index (Phi) is 9.03. The Morgan fingerprint density at radius 1 is 0.435 bits per heavy atom. The lowest BCUT2D eigenvalue weighted by Gasteiger charge is -2.56. The van der Waals surface area contributed by atoms with Crippen LogP contribution in [0.2, 0.25) is 0 Å². The Hall–Kier alpha value is 0.110. The molecule has 0 radical (unpaired) electrons. The largest absolute Gasteiger partial charge is 0.277 e. The predicted octanol–water partition coefficient (Wildman–Crippen LogP) is 5.87. The van der Waals surface area contributed by atoms with E-state index in [0.717, 1.165) is 0 Å². The zero-order valence-electron chi connectivity index (χ0n) is 17.8. The quantitative estimate of drug-likeness (QED) is 0.530. The van der Waals surface area contributed by atoms with Crippen molar-refractivity contribution in [3.63, 3.8) is 0 Å². The Balaban J connectivity index is 6.52. The van der Waals surface area contributed by atoms with Gasteiger partial charge in [0.15, 0.2) is 7.51 Å². The standard InChI is InChI=1S/C18H43N4P/c1-13(2)20(14(3)4)23(19,21(15(5)6)16(7)8)22(17(9)10)18(11)12/h13-19H,1-12H3. The molecular weight excluding hydrogens is 303 g/mol. The van der Waals surface area contributed by atoms with Crippen LogP contribution in [-0.4, -0.2) is 50.3 Å². The van der Waals surface area contributed by atoms with Crippen LogP contribution in [-0.2, 0) is 0 Å². The number of nitrogens with one attached hydrogen (secondary N) is 1. The first-order valence-electron chi connectivity index (χ1n) is 9.30. The Bertz CT molecular complexity index is 307. The van der Waals surface area contributed by atoms with Gasteiger partial charge in [-0.05, 0) is 83.1 Å². The molecule has 4 nitrogen and oxygen atoms in total. The second-order valence-electron chi connectivity index (χ2n) is 8.27. The van der Waals surface area contributed by atoms with Gasteiger partial charge in [-0.15, -0.1) is 0 Å². The molecule has 0 heterocycles. The normalized spacial score (nSPS) is 14.3. The summed E-state index contributed by atoms with van der Waals surface area (Å²) in [6, 6.07) is 2.09. The van der Waals surface area contributed by atoms with Crippen molar-refractivity contribution in [2.45, 2.75) is 119 Å². The summed E-state index contributed by atoms with van der Waals surface area (Å²) in [6.07, 6.45) is 0. The molecule has 0 bridgehead atoms. The molecule has 5 heteroatoms. The third-order valence-electron chi connectivity index (χ3n) is 4.14. The molecule has 1 N–H and O–H groups in total. The van der Waals surface area contributed by atoms with Crippen LogP contribution in [0, 0.1) is 5.16 Å². The molecule has 0 aliphatic rings. The monoisotopic (exact) mass is 346 g/mol. The predicted molar refractivity (Wildman–Crippen MR) is 106 cm³/mol. The lowest BCUT2D eigenvalue weighted by molar-refractivity contribution is 0.186. The van der Waals surface area contributed by atoms with Gasteiger partial charge in [0, 0.05) is 36.3 Å². The van der Waals surface area contributed by atoms with Crippen LogP contribution < -0.4 is 0 Å². The fourth-order valence-corrected chi connectivity index (χ4v) is 8.66. The molecule has 0 aliphatic heterocycles. The van der Waals surface area contributed by atoms with Crippen LogP contribution in [0.25, 0.3) is 0 Å². The molecule has 23 heavy (non-hydrogen) atoms. The topological polar surface area (TPSA) is 33.6 Å². The van der Waals surface area contributed by atoms with Crippen LogP contribution in [0.4, 0.5) is 0 Å². The van der Waals surface area contributed by atoms with Crippen LogP contribution in [0.15, 0.2) is 0 Å². The molecule has 0 aromatic heterocycles. The van der Waals surface area contributed by atoms with Gasteiger partial charge in [-0.25, -0.2) is 14.0 Å². The molecule has 0 spiro atoms. The Morgan fingerprint density at radius 3 is 0.652 bits per heavy atom. The van der Waals surface area contributed by atoms with Gasteiger partial charge < -0.3 is 0 Å². The van der Waals surface area contributed by atoms with Crippen molar-refractivity contribution in [2.75, 3.05) is 0 Å². The highest BCUT2D eigenvalue weighted by Crippen LogP contribution is 2.62. The summed E-state index contributed by atoms with van der Waals surface area (Å²) >= 11 is 0. The van der Waals surface area contributed by atoms with E-state index in [1.54, 1.807) is 0 Å². The minimum atomic E-state index is -2.39. The number of hydrogen-bond donors (Lipinski definition) is 1. The van der Waals surface area contributed by atoms with Crippen LogP contribution >= 0.6 is 7.51 Å². The van der Waals surface area contributed by atoms with E-state index >= 15 is 0 Å². The first-order valence-corrected chi connectivity index (χ1v) is 10.9. The van der Waals surface area contributed by atoms with Crippen molar-refractivity contribution in [1.29, 1.82) is 5.16 Å². The van der Waals surface area contributed by atoms with Gasteiger partial charge in [0.2, 0.25) is 0 Å². The number of rotatable bonds is 9. The molecule has 0 amide bonds. The molecule has 0 atom stereocenters. The van der Waals surface area contributed by atoms with Gasteiger partial charge in [0.05, 0.1) is 0 Å². The molecule has 0 saturated heterocycles. The van der Waals surface area contributed by atoms with Gasteiger partial charge in [0.25, 0.3) is 0 Å². The van der Waals surface area contributed by atoms with Gasteiger partial charge in [-0.1, -0.05) is 0 Å². The van der Waals surface area contributed by atoms with Crippen molar-refractivity contribution in [3.8, 4) is 0 Å².